The van der Waals surface area contributed by atoms with Gasteiger partial charge in [-0.05, 0) is 55.5 Å². The number of rotatable bonds is 4. The van der Waals surface area contributed by atoms with Gasteiger partial charge in [-0.3, -0.25) is 9.20 Å². The highest BCUT2D eigenvalue weighted by molar-refractivity contribution is 7.17. The highest BCUT2D eigenvalue weighted by atomic mass is 32.1. The van der Waals surface area contributed by atoms with E-state index in [2.05, 4.69) is 15.3 Å². The monoisotopic (exact) mass is 404 g/mol. The first-order chi connectivity index (χ1) is 14.1. The number of imidazole rings is 1. The summed E-state index contributed by atoms with van der Waals surface area (Å²) in [5, 5.41) is 4.01. The third kappa shape index (κ3) is 3.19. The van der Waals surface area contributed by atoms with E-state index in [1.165, 1.54) is 12.1 Å². The summed E-state index contributed by atoms with van der Waals surface area (Å²) in [6, 6.07) is 13.9. The van der Waals surface area contributed by atoms with Crippen LogP contribution in [0.1, 0.15) is 20.9 Å². The maximum atomic E-state index is 13.1. The zero-order chi connectivity index (χ0) is 20.0. The molecule has 29 heavy (non-hydrogen) atoms. The summed E-state index contributed by atoms with van der Waals surface area (Å²) >= 11 is 1.54. The molecule has 0 aliphatic rings. The molecule has 2 N–H and O–H groups in total. The molecule has 0 saturated carbocycles. The lowest BCUT2D eigenvalue weighted by Gasteiger charge is -2.05. The smallest absolute Gasteiger partial charge is 0.251 e. The van der Waals surface area contributed by atoms with Gasteiger partial charge >= 0.3 is 0 Å². The van der Waals surface area contributed by atoms with Gasteiger partial charge in [0.25, 0.3) is 5.91 Å². The second kappa shape index (κ2) is 6.86. The summed E-state index contributed by atoms with van der Waals surface area (Å²) in [6.07, 6.45) is 3.80. The van der Waals surface area contributed by atoms with Crippen LogP contribution in [0.5, 0.6) is 0 Å². The lowest BCUT2D eigenvalue weighted by molar-refractivity contribution is 0.0951. The summed E-state index contributed by atoms with van der Waals surface area (Å²) < 4.78 is 15.1. The van der Waals surface area contributed by atoms with Crippen LogP contribution >= 0.6 is 11.3 Å². The molecule has 0 aliphatic carbocycles. The van der Waals surface area contributed by atoms with Crippen LogP contribution in [0.25, 0.3) is 27.1 Å². The van der Waals surface area contributed by atoms with Gasteiger partial charge in [-0.15, -0.1) is 0 Å². The molecule has 5 rings (SSSR count). The first-order valence-electron chi connectivity index (χ1n) is 9.17. The van der Waals surface area contributed by atoms with Gasteiger partial charge < -0.3 is 10.3 Å². The van der Waals surface area contributed by atoms with Gasteiger partial charge in [-0.1, -0.05) is 11.3 Å². The Morgan fingerprint density at radius 3 is 2.83 bits per heavy atom. The molecule has 0 spiro atoms. The van der Waals surface area contributed by atoms with E-state index in [9.17, 15) is 9.18 Å². The van der Waals surface area contributed by atoms with E-state index in [4.69, 9.17) is 0 Å². The van der Waals surface area contributed by atoms with Gasteiger partial charge in [0.15, 0.2) is 4.96 Å². The third-order valence-corrected chi connectivity index (χ3v) is 6.17. The topological polar surface area (TPSA) is 62.2 Å². The van der Waals surface area contributed by atoms with Gasteiger partial charge in [0.05, 0.1) is 12.2 Å². The molecule has 3 heterocycles. The van der Waals surface area contributed by atoms with Crippen molar-refractivity contribution in [1.82, 2.24) is 19.7 Å². The molecular weight excluding hydrogens is 387 g/mol. The van der Waals surface area contributed by atoms with Crippen molar-refractivity contribution in [2.24, 2.45) is 0 Å². The number of nitrogens with zero attached hydrogens (tertiary/aromatic N) is 2. The van der Waals surface area contributed by atoms with Crippen LogP contribution in [0.4, 0.5) is 4.39 Å². The van der Waals surface area contributed by atoms with E-state index in [1.807, 2.05) is 48.0 Å². The van der Waals surface area contributed by atoms with Crippen LogP contribution in [-0.4, -0.2) is 20.3 Å². The highest BCUT2D eigenvalue weighted by Gasteiger charge is 2.14. The van der Waals surface area contributed by atoms with Crippen molar-refractivity contribution >= 4 is 33.1 Å². The Morgan fingerprint density at radius 2 is 2.03 bits per heavy atom. The van der Waals surface area contributed by atoms with Crippen LogP contribution in [0.2, 0.25) is 0 Å². The van der Waals surface area contributed by atoms with Crippen LogP contribution in [0.15, 0.2) is 60.9 Å². The number of carbonyl (C=O) groups excluding carboxylic acids is 1. The minimum atomic E-state index is -0.264. The Kier molecular flexibility index (Phi) is 4.17. The summed E-state index contributed by atoms with van der Waals surface area (Å²) in [7, 11) is 0. The van der Waals surface area contributed by atoms with E-state index >= 15 is 0 Å². The number of hydrogen-bond donors (Lipinski definition) is 2. The van der Waals surface area contributed by atoms with Gasteiger partial charge in [-0.2, -0.15) is 0 Å². The maximum Gasteiger partial charge on any atom is 0.251 e. The summed E-state index contributed by atoms with van der Waals surface area (Å²) in [5.41, 5.74) is 4.35. The second-order valence-electron chi connectivity index (χ2n) is 6.86. The van der Waals surface area contributed by atoms with Gasteiger partial charge in [-0.25, -0.2) is 9.37 Å². The van der Waals surface area contributed by atoms with Crippen molar-refractivity contribution < 1.29 is 9.18 Å². The van der Waals surface area contributed by atoms with E-state index < -0.39 is 0 Å². The third-order valence-electron chi connectivity index (χ3n) is 5.02. The number of amides is 1. The fourth-order valence-electron chi connectivity index (χ4n) is 3.37. The van der Waals surface area contributed by atoms with Crippen molar-refractivity contribution in [3.8, 4) is 11.3 Å². The maximum absolute atomic E-state index is 13.1. The fourth-order valence-corrected chi connectivity index (χ4v) is 4.42. The number of hydrogen-bond acceptors (Lipinski definition) is 3. The zero-order valence-electron chi connectivity index (χ0n) is 15.6. The number of nitrogens with one attached hydrogen (secondary N) is 2. The van der Waals surface area contributed by atoms with Gasteiger partial charge in [0.1, 0.15) is 5.82 Å². The predicted molar refractivity (Wildman–Crippen MR) is 113 cm³/mol. The summed E-state index contributed by atoms with van der Waals surface area (Å²) in [6.45, 7) is 2.45. The molecular formula is C22H17FN4OS. The van der Waals surface area contributed by atoms with Gasteiger partial charge in [0.2, 0.25) is 0 Å². The molecule has 0 radical (unpaired) electrons. The first-order valence-corrected chi connectivity index (χ1v) is 9.99. The predicted octanol–water partition coefficient (Wildman–Crippen LogP) is 4.92. The number of thiazole rings is 1. The Labute approximate surface area is 169 Å². The van der Waals surface area contributed by atoms with Crippen molar-refractivity contribution in [2.45, 2.75) is 13.5 Å². The number of aryl methyl sites for hydroxylation is 1. The van der Waals surface area contributed by atoms with Crippen molar-refractivity contribution in [3.63, 3.8) is 0 Å². The lowest BCUT2D eigenvalue weighted by atomic mass is 10.1. The number of aromatic amines is 1. The molecule has 0 unspecified atom stereocenters. The number of fused-ring (bicyclic) bond motifs is 2. The molecule has 7 heteroatoms. The summed E-state index contributed by atoms with van der Waals surface area (Å²) in [5.74, 6) is -0.370. The molecule has 1 amide bonds. The van der Waals surface area contributed by atoms with Crippen LogP contribution in [0.3, 0.4) is 0 Å². The highest BCUT2D eigenvalue weighted by Crippen LogP contribution is 2.27. The molecule has 5 nitrogen and oxygen atoms in total. The average Bonchev–Trinajstić information content (AvgIpc) is 3.42. The summed E-state index contributed by atoms with van der Waals surface area (Å²) in [4.78, 5) is 22.2. The number of aromatic nitrogens is 3. The van der Waals surface area contributed by atoms with Crippen LogP contribution in [0, 0.1) is 12.7 Å². The Morgan fingerprint density at radius 1 is 1.21 bits per heavy atom. The minimum absolute atomic E-state index is 0.106. The number of halogens is 1. The Balaban J connectivity index is 1.35. The largest absolute Gasteiger partial charge is 0.361 e. The van der Waals surface area contributed by atoms with E-state index in [0.29, 0.717) is 12.1 Å². The zero-order valence-corrected chi connectivity index (χ0v) is 16.4. The van der Waals surface area contributed by atoms with Gasteiger partial charge in [0, 0.05) is 45.0 Å². The van der Waals surface area contributed by atoms with Crippen LogP contribution < -0.4 is 5.32 Å². The molecule has 2 aromatic carbocycles. The van der Waals surface area contributed by atoms with E-state index in [1.54, 1.807) is 23.5 Å². The number of benzene rings is 2. The van der Waals surface area contributed by atoms with Crippen LogP contribution in [-0.2, 0) is 6.54 Å². The first kappa shape index (κ1) is 17.6. The molecule has 0 saturated heterocycles. The molecule has 0 bridgehead atoms. The SMILES string of the molecule is Cc1c(CNC(=O)c2ccc3[nH]ccc3c2)sc2nc(-c3ccc(F)cc3)cn12. The molecule has 0 fully saturated rings. The fraction of sp³-hybridized carbons (Fsp3) is 0.0909. The lowest BCUT2D eigenvalue weighted by Crippen LogP contribution is -2.22. The number of carbonyl (C=O) groups is 1. The molecule has 0 aliphatic heterocycles. The Bertz CT molecular complexity index is 1350. The molecule has 5 aromatic rings. The Hall–Kier alpha value is -3.45. The minimum Gasteiger partial charge on any atom is -0.361 e. The average molecular weight is 404 g/mol. The standard InChI is InChI=1S/C22H17FN4OS/c1-13-20(11-25-21(28)16-4-7-18-15(10-16)8-9-24-18)29-22-26-19(12-27(13)22)14-2-5-17(23)6-3-14/h2-10,12,24H,11H2,1H3,(H,25,28). The second-order valence-corrected chi connectivity index (χ2v) is 7.92. The molecule has 0 atom stereocenters. The number of H-pyrrole nitrogens is 1. The normalized spacial score (nSPS) is 11.4. The van der Waals surface area contributed by atoms with E-state index in [-0.39, 0.29) is 11.7 Å². The van der Waals surface area contributed by atoms with Crippen molar-refractivity contribution in [2.75, 3.05) is 0 Å². The molecule has 3 aromatic heterocycles. The van der Waals surface area contributed by atoms with E-state index in [0.717, 1.165) is 37.7 Å². The van der Waals surface area contributed by atoms with Crippen molar-refractivity contribution in [3.05, 3.63) is 82.9 Å². The quantitative estimate of drug-likeness (QED) is 0.447. The van der Waals surface area contributed by atoms with Crippen molar-refractivity contribution in [1.29, 1.82) is 0 Å². The molecule has 144 valence electrons.